The number of benzene rings is 1. The summed E-state index contributed by atoms with van der Waals surface area (Å²) in [6, 6.07) is 4.36. The van der Waals surface area contributed by atoms with Crippen molar-refractivity contribution in [2.75, 3.05) is 5.73 Å². The molecule has 3 N–H and O–H groups in total. The topological polar surface area (TPSA) is 72.5 Å². The molecule has 0 saturated heterocycles. The molecule has 64 valence electrons. The fourth-order valence-electron chi connectivity index (χ4n) is 0.691. The smallest absolute Gasteiger partial charge is 0.449 e. The quantitative estimate of drug-likeness (QED) is 0.401. The van der Waals surface area contributed by atoms with Gasteiger partial charge in [0.05, 0.1) is 5.69 Å². The molecule has 0 radical (unpaired) electrons. The van der Waals surface area contributed by atoms with Gasteiger partial charge in [-0.25, -0.2) is 4.79 Å². The Labute approximate surface area is 73.5 Å². The maximum atomic E-state index is 10.1. The van der Waals surface area contributed by atoms with E-state index in [1.54, 1.807) is 6.07 Å². The first-order valence-electron chi connectivity index (χ1n) is 3.05. The van der Waals surface area contributed by atoms with Crippen LogP contribution in [0.2, 0.25) is 5.02 Å². The van der Waals surface area contributed by atoms with Gasteiger partial charge >= 0.3 is 6.16 Å². The molecular weight excluding hydrogens is 182 g/mol. The van der Waals surface area contributed by atoms with E-state index in [4.69, 9.17) is 22.4 Å². The Bertz CT molecular complexity index is 314. The van der Waals surface area contributed by atoms with Crippen LogP contribution in [0.25, 0.3) is 0 Å². The van der Waals surface area contributed by atoms with Crippen molar-refractivity contribution in [2.24, 2.45) is 0 Å². The normalized spacial score (nSPS) is 9.42. The molecule has 0 atom stereocenters. The molecule has 1 aromatic carbocycles. The Morgan fingerprint density at radius 3 is 2.83 bits per heavy atom. The van der Waals surface area contributed by atoms with Crippen molar-refractivity contribution in [2.45, 2.75) is 0 Å². The number of nitrogen functional groups attached to an aromatic ring is 1. The second-order valence-corrected chi connectivity index (χ2v) is 2.49. The fourth-order valence-corrected chi connectivity index (χ4v) is 0.853. The number of rotatable bonds is 1. The maximum absolute atomic E-state index is 10.1. The number of hydrogen-bond donors (Lipinski definition) is 2. The minimum absolute atomic E-state index is 0.0509. The summed E-state index contributed by atoms with van der Waals surface area (Å²) in [5.41, 5.74) is 5.63. The lowest BCUT2D eigenvalue weighted by atomic mass is 10.3. The van der Waals surface area contributed by atoms with Crippen LogP contribution in [0.5, 0.6) is 5.75 Å². The number of carboxylic acid groups (broad SMARTS) is 1. The van der Waals surface area contributed by atoms with Crippen LogP contribution in [-0.2, 0) is 0 Å². The van der Waals surface area contributed by atoms with Gasteiger partial charge in [-0.1, -0.05) is 11.6 Å². The molecule has 5 heteroatoms. The average Bonchev–Trinajstić information content (AvgIpc) is 1.96. The third kappa shape index (κ3) is 2.03. The molecule has 0 unspecified atom stereocenters. The molecule has 0 bridgehead atoms. The van der Waals surface area contributed by atoms with Gasteiger partial charge in [-0.3, -0.25) is 0 Å². The van der Waals surface area contributed by atoms with Gasteiger partial charge in [0.15, 0.2) is 5.75 Å². The van der Waals surface area contributed by atoms with E-state index in [9.17, 15) is 4.79 Å². The molecule has 0 heterocycles. The van der Waals surface area contributed by atoms with E-state index >= 15 is 0 Å². The van der Waals surface area contributed by atoms with E-state index in [0.29, 0.717) is 5.02 Å². The van der Waals surface area contributed by atoms with Gasteiger partial charge in [0.25, 0.3) is 0 Å². The van der Waals surface area contributed by atoms with E-state index in [1.807, 2.05) is 0 Å². The number of halogens is 1. The molecular formula is C7H6ClNO3. The molecule has 0 spiro atoms. The second kappa shape index (κ2) is 3.32. The van der Waals surface area contributed by atoms with Gasteiger partial charge in [-0.05, 0) is 12.1 Å². The van der Waals surface area contributed by atoms with Crippen LogP contribution in [0, 0.1) is 0 Å². The van der Waals surface area contributed by atoms with E-state index in [1.165, 1.54) is 12.1 Å². The molecule has 1 rings (SSSR count). The van der Waals surface area contributed by atoms with Crippen LogP contribution in [0.15, 0.2) is 18.2 Å². The first-order chi connectivity index (χ1) is 5.59. The summed E-state index contributed by atoms with van der Waals surface area (Å²) in [5.74, 6) is 0.0509. The van der Waals surface area contributed by atoms with E-state index < -0.39 is 6.16 Å². The van der Waals surface area contributed by atoms with Crippen LogP contribution in [-0.4, -0.2) is 11.3 Å². The van der Waals surface area contributed by atoms with Crippen molar-refractivity contribution in [1.82, 2.24) is 0 Å². The third-order valence-corrected chi connectivity index (χ3v) is 1.41. The molecule has 0 aliphatic rings. The number of nitrogens with two attached hydrogens (primary N) is 1. The van der Waals surface area contributed by atoms with Crippen LogP contribution in [0.3, 0.4) is 0 Å². The summed E-state index contributed by atoms with van der Waals surface area (Å²) < 4.78 is 4.33. The highest BCUT2D eigenvalue weighted by Crippen LogP contribution is 2.25. The van der Waals surface area contributed by atoms with Crippen molar-refractivity contribution < 1.29 is 14.6 Å². The molecule has 4 nitrogen and oxygen atoms in total. The first-order valence-corrected chi connectivity index (χ1v) is 3.43. The van der Waals surface area contributed by atoms with Gasteiger partial charge < -0.3 is 15.6 Å². The summed E-state index contributed by atoms with van der Waals surface area (Å²) in [6.45, 7) is 0. The Balaban J connectivity index is 2.97. The lowest BCUT2D eigenvalue weighted by Crippen LogP contribution is -2.04. The van der Waals surface area contributed by atoms with Crippen molar-refractivity contribution in [1.29, 1.82) is 0 Å². The minimum atomic E-state index is -1.41. The van der Waals surface area contributed by atoms with Crippen molar-refractivity contribution in [3.05, 3.63) is 23.2 Å². The molecule has 1 aromatic rings. The Kier molecular flexibility index (Phi) is 2.40. The third-order valence-electron chi connectivity index (χ3n) is 1.17. The van der Waals surface area contributed by atoms with Crippen molar-refractivity contribution in [3.63, 3.8) is 0 Å². The standard InChI is InChI=1S/C7H6ClNO3/c8-4-1-2-5(9)6(3-4)12-7(10)11/h1-3H,9H2,(H,10,11). The van der Waals surface area contributed by atoms with Gasteiger partial charge in [0.1, 0.15) is 0 Å². The molecule has 0 aliphatic carbocycles. The van der Waals surface area contributed by atoms with Crippen LogP contribution >= 0.6 is 11.6 Å². The number of ether oxygens (including phenoxy) is 1. The van der Waals surface area contributed by atoms with Gasteiger partial charge in [-0.2, -0.15) is 0 Å². The second-order valence-electron chi connectivity index (χ2n) is 2.05. The predicted molar refractivity (Wildman–Crippen MR) is 44.5 cm³/mol. The Morgan fingerprint density at radius 1 is 1.58 bits per heavy atom. The minimum Gasteiger partial charge on any atom is -0.449 e. The predicted octanol–water partition coefficient (Wildman–Crippen LogP) is 1.98. The van der Waals surface area contributed by atoms with Gasteiger partial charge in [0.2, 0.25) is 0 Å². The molecule has 12 heavy (non-hydrogen) atoms. The zero-order valence-corrected chi connectivity index (χ0v) is 6.71. The summed E-state index contributed by atoms with van der Waals surface area (Å²) in [5, 5.41) is 8.64. The lowest BCUT2D eigenvalue weighted by Gasteiger charge is -2.02. The monoisotopic (exact) mass is 187 g/mol. The number of hydrogen-bond acceptors (Lipinski definition) is 3. The molecule has 0 fully saturated rings. The van der Waals surface area contributed by atoms with Crippen LogP contribution < -0.4 is 10.5 Å². The van der Waals surface area contributed by atoms with E-state index in [-0.39, 0.29) is 11.4 Å². The first kappa shape index (κ1) is 8.67. The van der Waals surface area contributed by atoms with Crippen LogP contribution in [0.1, 0.15) is 0 Å². The fraction of sp³-hybridized carbons (Fsp3) is 0. The summed E-state index contributed by atoms with van der Waals surface area (Å²) in [6.07, 6.45) is -1.41. The van der Waals surface area contributed by atoms with Crippen molar-refractivity contribution in [3.8, 4) is 5.75 Å². The van der Waals surface area contributed by atoms with Gasteiger partial charge in [-0.15, -0.1) is 0 Å². The average molecular weight is 188 g/mol. The Morgan fingerprint density at radius 2 is 2.25 bits per heavy atom. The number of carbonyl (C=O) groups is 1. The molecule has 0 amide bonds. The largest absolute Gasteiger partial charge is 0.511 e. The SMILES string of the molecule is Nc1ccc(Cl)cc1OC(=O)O. The van der Waals surface area contributed by atoms with Crippen molar-refractivity contribution >= 4 is 23.4 Å². The lowest BCUT2D eigenvalue weighted by molar-refractivity contribution is 0.144. The molecule has 0 aromatic heterocycles. The van der Waals surface area contributed by atoms with Crippen LogP contribution in [0.4, 0.5) is 10.5 Å². The van der Waals surface area contributed by atoms with E-state index in [2.05, 4.69) is 4.74 Å². The molecule has 0 saturated carbocycles. The highest BCUT2D eigenvalue weighted by atomic mass is 35.5. The zero-order chi connectivity index (χ0) is 9.14. The summed E-state index contributed by atoms with van der Waals surface area (Å²) >= 11 is 5.57. The number of anilines is 1. The highest BCUT2D eigenvalue weighted by molar-refractivity contribution is 6.30. The van der Waals surface area contributed by atoms with E-state index in [0.717, 1.165) is 0 Å². The highest BCUT2D eigenvalue weighted by Gasteiger charge is 2.05. The zero-order valence-electron chi connectivity index (χ0n) is 5.95. The van der Waals surface area contributed by atoms with Gasteiger partial charge in [0, 0.05) is 11.1 Å². The maximum Gasteiger partial charge on any atom is 0.511 e. The summed E-state index contributed by atoms with van der Waals surface area (Å²) in [7, 11) is 0. The molecule has 0 aliphatic heterocycles. The Hall–Kier alpha value is -1.42. The summed E-state index contributed by atoms with van der Waals surface area (Å²) in [4.78, 5) is 10.1.